The van der Waals surface area contributed by atoms with Gasteiger partial charge in [-0.25, -0.2) is 0 Å². The van der Waals surface area contributed by atoms with Crippen LogP contribution in [0.4, 0.5) is 0 Å². The summed E-state index contributed by atoms with van der Waals surface area (Å²) in [6.07, 6.45) is 0. The summed E-state index contributed by atoms with van der Waals surface area (Å²) in [6, 6.07) is 7.61. The van der Waals surface area contributed by atoms with E-state index in [1.54, 1.807) is 12.1 Å². The third-order valence-electron chi connectivity index (χ3n) is 2.28. The number of benzene rings is 1. The molecular formula is C11H12N2O4S. The van der Waals surface area contributed by atoms with Crippen LogP contribution in [0.25, 0.3) is 0 Å². The molecule has 2 rings (SSSR count). The number of H-pyrrole nitrogens is 1. The Bertz CT molecular complexity index is 631. The smallest absolute Gasteiger partial charge is 0.340 e. The maximum absolute atomic E-state index is 11.9. The molecule has 0 aliphatic rings. The van der Waals surface area contributed by atoms with Crippen LogP contribution in [0, 0.1) is 6.92 Å². The lowest BCUT2D eigenvalue weighted by molar-refractivity contribution is 0.276. The predicted octanol–water partition coefficient (Wildman–Crippen LogP) is 0.978. The maximum Gasteiger partial charge on any atom is 0.340 e. The average Bonchev–Trinajstić information content (AvgIpc) is 2.76. The van der Waals surface area contributed by atoms with E-state index < -0.39 is 10.1 Å². The second-order valence-electron chi connectivity index (χ2n) is 3.74. The molecular weight excluding hydrogens is 256 g/mol. The first-order valence-electron chi connectivity index (χ1n) is 5.17. The highest BCUT2D eigenvalue weighted by Gasteiger charge is 2.17. The van der Waals surface area contributed by atoms with Crippen molar-refractivity contribution in [1.29, 1.82) is 0 Å². The lowest BCUT2D eigenvalue weighted by atomic mass is 10.2. The summed E-state index contributed by atoms with van der Waals surface area (Å²) >= 11 is 0. The monoisotopic (exact) mass is 268 g/mol. The minimum absolute atomic E-state index is 0.0571. The molecule has 0 aliphatic heterocycles. The highest BCUT2D eigenvalue weighted by molar-refractivity contribution is 7.87. The van der Waals surface area contributed by atoms with Crippen molar-refractivity contribution < 1.29 is 17.7 Å². The van der Waals surface area contributed by atoms with Gasteiger partial charge in [0.15, 0.2) is 0 Å². The third kappa shape index (κ3) is 2.69. The lowest BCUT2D eigenvalue weighted by Gasteiger charge is -2.03. The number of nitrogens with one attached hydrogen (secondary N) is 1. The Kier molecular flexibility index (Phi) is 3.35. The molecule has 0 fully saturated rings. The van der Waals surface area contributed by atoms with Gasteiger partial charge in [0.05, 0.1) is 12.3 Å². The van der Waals surface area contributed by atoms with E-state index >= 15 is 0 Å². The normalized spacial score (nSPS) is 11.4. The van der Waals surface area contributed by atoms with Crippen LogP contribution in [0.5, 0.6) is 5.88 Å². The molecule has 0 radical (unpaired) electrons. The van der Waals surface area contributed by atoms with Gasteiger partial charge in [0.2, 0.25) is 0 Å². The summed E-state index contributed by atoms with van der Waals surface area (Å²) in [5.41, 5.74) is 1.33. The van der Waals surface area contributed by atoms with Crippen molar-refractivity contribution in [3.63, 3.8) is 0 Å². The van der Waals surface area contributed by atoms with Gasteiger partial charge < -0.3 is 9.29 Å². The van der Waals surface area contributed by atoms with E-state index in [4.69, 9.17) is 9.29 Å². The first-order chi connectivity index (χ1) is 8.51. The van der Waals surface area contributed by atoms with E-state index in [0.717, 1.165) is 5.56 Å². The number of aromatic amines is 1. The fourth-order valence-electron chi connectivity index (χ4n) is 1.33. The summed E-state index contributed by atoms with van der Waals surface area (Å²) in [6.45, 7) is 1.60. The van der Waals surface area contributed by atoms with Gasteiger partial charge >= 0.3 is 10.1 Å². The Morgan fingerprint density at radius 1 is 1.33 bits per heavy atom. The van der Waals surface area contributed by atoms with Crippen molar-refractivity contribution >= 4 is 10.1 Å². The van der Waals surface area contributed by atoms with Crippen molar-refractivity contribution in [3.05, 3.63) is 41.6 Å². The van der Waals surface area contributed by atoms with Crippen LogP contribution in [-0.2, 0) is 16.7 Å². The van der Waals surface area contributed by atoms with Crippen LogP contribution in [0.2, 0.25) is 0 Å². The molecule has 2 N–H and O–H groups in total. The van der Waals surface area contributed by atoms with Gasteiger partial charge in [0.1, 0.15) is 4.90 Å². The van der Waals surface area contributed by atoms with Gasteiger partial charge in [-0.2, -0.15) is 8.42 Å². The third-order valence-corrected chi connectivity index (χ3v) is 3.52. The van der Waals surface area contributed by atoms with Crippen molar-refractivity contribution in [2.45, 2.75) is 18.4 Å². The molecule has 0 unspecified atom stereocenters. The minimum Gasteiger partial charge on any atom is -0.390 e. The minimum atomic E-state index is -3.89. The zero-order valence-electron chi connectivity index (χ0n) is 9.62. The molecule has 0 saturated heterocycles. The number of aliphatic hydroxyl groups excluding tert-OH is 1. The average molecular weight is 268 g/mol. The number of aryl methyl sites for hydroxylation is 1. The van der Waals surface area contributed by atoms with Crippen LogP contribution in [0.1, 0.15) is 11.3 Å². The van der Waals surface area contributed by atoms with E-state index in [-0.39, 0.29) is 17.4 Å². The molecule has 0 bridgehead atoms. The van der Waals surface area contributed by atoms with Crippen molar-refractivity contribution in [1.82, 2.24) is 10.2 Å². The highest BCUT2D eigenvalue weighted by Crippen LogP contribution is 2.17. The number of nitrogens with zero attached hydrogens (tertiary/aromatic N) is 1. The molecule has 1 heterocycles. The van der Waals surface area contributed by atoms with Crippen LogP contribution < -0.4 is 4.18 Å². The van der Waals surface area contributed by atoms with Gasteiger partial charge in [0, 0.05) is 6.07 Å². The molecule has 1 aromatic heterocycles. The zero-order valence-corrected chi connectivity index (χ0v) is 10.4. The molecule has 18 heavy (non-hydrogen) atoms. The summed E-state index contributed by atoms with van der Waals surface area (Å²) in [5.74, 6) is -0.0976. The van der Waals surface area contributed by atoms with Crippen LogP contribution in [-0.4, -0.2) is 23.7 Å². The Morgan fingerprint density at radius 3 is 2.56 bits per heavy atom. The predicted molar refractivity (Wildman–Crippen MR) is 63.5 cm³/mol. The van der Waals surface area contributed by atoms with Gasteiger partial charge in [-0.15, -0.1) is 5.10 Å². The van der Waals surface area contributed by atoms with Gasteiger partial charge in [-0.1, -0.05) is 17.7 Å². The fourth-order valence-corrected chi connectivity index (χ4v) is 2.21. The zero-order chi connectivity index (χ0) is 13.2. The summed E-state index contributed by atoms with van der Waals surface area (Å²) < 4.78 is 28.6. The first-order valence-corrected chi connectivity index (χ1v) is 6.58. The Balaban J connectivity index is 2.24. The summed E-state index contributed by atoms with van der Waals surface area (Å²) in [7, 11) is -3.89. The Labute approximate surface area is 104 Å². The molecule has 7 heteroatoms. The first kappa shape index (κ1) is 12.6. The molecule has 0 spiro atoms. The van der Waals surface area contributed by atoms with Crippen molar-refractivity contribution in [2.75, 3.05) is 0 Å². The maximum atomic E-state index is 11.9. The molecule has 96 valence electrons. The van der Waals surface area contributed by atoms with Crippen molar-refractivity contribution in [3.8, 4) is 5.88 Å². The number of rotatable bonds is 4. The number of hydrogen-bond donors (Lipinski definition) is 2. The standard InChI is InChI=1S/C11H12N2O4S/c1-8-2-4-10(5-3-8)18(15,16)17-11-6-9(7-14)12-13-11/h2-6,14H,7H2,1H3,(H,12,13). The highest BCUT2D eigenvalue weighted by atomic mass is 32.2. The van der Waals surface area contributed by atoms with E-state index in [0.29, 0.717) is 5.69 Å². The molecule has 0 atom stereocenters. The van der Waals surface area contributed by atoms with Crippen molar-refractivity contribution in [2.24, 2.45) is 0 Å². The largest absolute Gasteiger partial charge is 0.390 e. The Morgan fingerprint density at radius 2 is 2.00 bits per heavy atom. The van der Waals surface area contributed by atoms with Gasteiger partial charge in [-0.05, 0) is 19.1 Å². The number of aliphatic hydroxyl groups is 1. The van der Waals surface area contributed by atoms with E-state index in [1.807, 2.05) is 6.92 Å². The summed E-state index contributed by atoms with van der Waals surface area (Å²) in [4.78, 5) is 0.0571. The molecule has 1 aromatic carbocycles. The summed E-state index contributed by atoms with van der Waals surface area (Å²) in [5, 5.41) is 14.9. The Hall–Kier alpha value is -1.86. The molecule has 0 aliphatic carbocycles. The lowest BCUT2D eigenvalue weighted by Crippen LogP contribution is -2.09. The van der Waals surface area contributed by atoms with Crippen LogP contribution in [0.3, 0.4) is 0 Å². The molecule has 6 nitrogen and oxygen atoms in total. The number of aromatic nitrogens is 2. The van der Waals surface area contributed by atoms with Crippen LogP contribution in [0.15, 0.2) is 35.2 Å². The van der Waals surface area contributed by atoms with Gasteiger partial charge in [-0.3, -0.25) is 5.10 Å². The number of hydrogen-bond acceptors (Lipinski definition) is 5. The van der Waals surface area contributed by atoms with Crippen LogP contribution >= 0.6 is 0 Å². The second kappa shape index (κ2) is 4.79. The quantitative estimate of drug-likeness (QED) is 0.806. The van der Waals surface area contributed by atoms with E-state index in [2.05, 4.69) is 10.2 Å². The molecule has 2 aromatic rings. The second-order valence-corrected chi connectivity index (χ2v) is 5.29. The molecule has 0 amide bonds. The molecule has 0 saturated carbocycles. The van der Waals surface area contributed by atoms with E-state index in [1.165, 1.54) is 18.2 Å². The SMILES string of the molecule is Cc1ccc(S(=O)(=O)Oc2cc(CO)[nH]n2)cc1. The fraction of sp³-hybridized carbons (Fsp3) is 0.182. The van der Waals surface area contributed by atoms with E-state index in [9.17, 15) is 8.42 Å². The van der Waals surface area contributed by atoms with Gasteiger partial charge in [0.25, 0.3) is 5.88 Å². The topological polar surface area (TPSA) is 92.3 Å².